The van der Waals surface area contributed by atoms with E-state index < -0.39 is 0 Å². The van der Waals surface area contributed by atoms with Crippen LogP contribution < -0.4 is 10.6 Å². The van der Waals surface area contributed by atoms with Crippen molar-refractivity contribution in [3.05, 3.63) is 18.1 Å². The van der Waals surface area contributed by atoms with Crippen molar-refractivity contribution in [1.82, 2.24) is 24.9 Å². The largest absolute Gasteiger partial charge is 0.370 e. The molecule has 0 aromatic carbocycles. The summed E-state index contributed by atoms with van der Waals surface area (Å²) in [6.07, 6.45) is 3.93. The molecular weight excluding hydrogens is 264 g/mol. The monoisotopic (exact) mass is 280 g/mol. The quantitative estimate of drug-likeness (QED) is 0.826. The highest BCUT2D eigenvalue weighted by atomic mass is 35.5. The SMILES string of the molecule is ClCc1cc(NCC2CCNCC2)n2ncnc2n1. The maximum atomic E-state index is 5.86. The number of rotatable bonds is 4. The normalized spacial score (nSPS) is 16.9. The highest BCUT2D eigenvalue weighted by molar-refractivity contribution is 6.16. The van der Waals surface area contributed by atoms with Crippen LogP contribution in [0.1, 0.15) is 18.5 Å². The van der Waals surface area contributed by atoms with E-state index in [1.54, 1.807) is 4.52 Å². The van der Waals surface area contributed by atoms with Gasteiger partial charge >= 0.3 is 0 Å². The molecular formula is C12H17ClN6. The predicted octanol–water partition coefficient (Wildman–Crippen LogP) is 1.27. The molecule has 0 unspecified atom stereocenters. The summed E-state index contributed by atoms with van der Waals surface area (Å²) in [7, 11) is 0. The first-order chi connectivity index (χ1) is 9.36. The van der Waals surface area contributed by atoms with Gasteiger partial charge in [0.2, 0.25) is 0 Å². The van der Waals surface area contributed by atoms with E-state index in [0.29, 0.717) is 17.6 Å². The van der Waals surface area contributed by atoms with Crippen molar-refractivity contribution in [3.63, 3.8) is 0 Å². The van der Waals surface area contributed by atoms with Crippen LogP contribution in [0, 0.1) is 5.92 Å². The second kappa shape index (κ2) is 5.71. The van der Waals surface area contributed by atoms with E-state index in [-0.39, 0.29) is 0 Å². The Hall–Kier alpha value is -1.40. The lowest BCUT2D eigenvalue weighted by molar-refractivity contribution is 0.389. The zero-order chi connectivity index (χ0) is 13.1. The molecule has 2 aromatic heterocycles. The molecule has 0 aliphatic carbocycles. The van der Waals surface area contributed by atoms with E-state index in [1.165, 1.54) is 19.2 Å². The summed E-state index contributed by atoms with van der Waals surface area (Å²) in [5.74, 6) is 2.58. The molecule has 2 N–H and O–H groups in total. The predicted molar refractivity (Wildman–Crippen MR) is 74.4 cm³/mol. The minimum Gasteiger partial charge on any atom is -0.370 e. The zero-order valence-corrected chi connectivity index (χ0v) is 11.4. The van der Waals surface area contributed by atoms with Crippen LogP contribution in [0.3, 0.4) is 0 Å². The molecule has 0 bridgehead atoms. The molecule has 1 saturated heterocycles. The average molecular weight is 281 g/mol. The van der Waals surface area contributed by atoms with Gasteiger partial charge in [0.05, 0.1) is 11.6 Å². The molecule has 1 aliphatic heterocycles. The lowest BCUT2D eigenvalue weighted by Gasteiger charge is -2.23. The second-order valence-electron chi connectivity index (χ2n) is 4.81. The molecule has 1 aliphatic rings. The van der Waals surface area contributed by atoms with Gasteiger partial charge in [0.1, 0.15) is 12.1 Å². The Kier molecular flexibility index (Phi) is 3.79. The smallest absolute Gasteiger partial charge is 0.254 e. The van der Waals surface area contributed by atoms with Crippen molar-refractivity contribution < 1.29 is 0 Å². The summed E-state index contributed by atoms with van der Waals surface area (Å²) in [5, 5.41) is 11.0. The van der Waals surface area contributed by atoms with Crippen LogP contribution in [0.15, 0.2) is 12.4 Å². The Bertz CT molecular complexity index is 548. The van der Waals surface area contributed by atoms with E-state index in [1.807, 2.05) is 6.07 Å². The average Bonchev–Trinajstić information content (AvgIpc) is 2.94. The first kappa shape index (κ1) is 12.6. The maximum Gasteiger partial charge on any atom is 0.254 e. The molecule has 1 fully saturated rings. The van der Waals surface area contributed by atoms with Crippen LogP contribution in [0.5, 0.6) is 0 Å². The van der Waals surface area contributed by atoms with Gasteiger partial charge in [-0.1, -0.05) is 0 Å². The number of halogens is 1. The molecule has 2 aromatic rings. The van der Waals surface area contributed by atoms with Crippen LogP contribution in [0.2, 0.25) is 0 Å². The lowest BCUT2D eigenvalue weighted by atomic mass is 9.98. The van der Waals surface area contributed by atoms with Gasteiger partial charge in [-0.05, 0) is 31.8 Å². The maximum absolute atomic E-state index is 5.86. The molecule has 19 heavy (non-hydrogen) atoms. The Morgan fingerprint density at radius 3 is 3.05 bits per heavy atom. The third kappa shape index (κ3) is 2.79. The molecule has 7 heteroatoms. The van der Waals surface area contributed by atoms with Crippen molar-refractivity contribution in [2.75, 3.05) is 25.0 Å². The fraction of sp³-hybridized carbons (Fsp3) is 0.583. The van der Waals surface area contributed by atoms with Gasteiger partial charge in [-0.25, -0.2) is 4.98 Å². The van der Waals surface area contributed by atoms with Gasteiger partial charge in [-0.15, -0.1) is 11.6 Å². The van der Waals surface area contributed by atoms with E-state index in [9.17, 15) is 0 Å². The Labute approximate surface area is 116 Å². The van der Waals surface area contributed by atoms with Crippen LogP contribution in [-0.2, 0) is 5.88 Å². The number of nitrogens with zero attached hydrogens (tertiary/aromatic N) is 4. The number of alkyl halides is 1. The summed E-state index contributed by atoms with van der Waals surface area (Å²) in [6, 6.07) is 1.94. The Morgan fingerprint density at radius 2 is 2.26 bits per heavy atom. The van der Waals surface area contributed by atoms with E-state index >= 15 is 0 Å². The number of hydrogen-bond acceptors (Lipinski definition) is 5. The van der Waals surface area contributed by atoms with Gasteiger partial charge < -0.3 is 10.6 Å². The van der Waals surface area contributed by atoms with E-state index in [0.717, 1.165) is 31.1 Å². The molecule has 3 rings (SSSR count). The molecule has 0 amide bonds. The van der Waals surface area contributed by atoms with Gasteiger partial charge in [-0.3, -0.25) is 0 Å². The van der Waals surface area contributed by atoms with Crippen LogP contribution in [-0.4, -0.2) is 39.2 Å². The van der Waals surface area contributed by atoms with E-state index in [4.69, 9.17) is 11.6 Å². The topological polar surface area (TPSA) is 67.1 Å². The first-order valence-corrected chi connectivity index (χ1v) is 7.10. The van der Waals surface area contributed by atoms with Gasteiger partial charge in [-0.2, -0.15) is 14.6 Å². The molecule has 102 valence electrons. The zero-order valence-electron chi connectivity index (χ0n) is 10.6. The van der Waals surface area contributed by atoms with Crippen molar-refractivity contribution in [1.29, 1.82) is 0 Å². The van der Waals surface area contributed by atoms with Crippen LogP contribution in [0.25, 0.3) is 5.78 Å². The fourth-order valence-electron chi connectivity index (χ4n) is 2.39. The number of piperidine rings is 1. The minimum atomic E-state index is 0.380. The van der Waals surface area contributed by atoms with Crippen LogP contribution in [0.4, 0.5) is 5.82 Å². The number of aromatic nitrogens is 4. The molecule has 0 atom stereocenters. The fourth-order valence-corrected chi connectivity index (χ4v) is 2.53. The summed E-state index contributed by atoms with van der Waals surface area (Å²) in [5.41, 5.74) is 0.815. The van der Waals surface area contributed by atoms with Crippen LogP contribution >= 0.6 is 11.6 Å². The highest BCUT2D eigenvalue weighted by Gasteiger charge is 2.14. The summed E-state index contributed by atoms with van der Waals surface area (Å²) >= 11 is 5.86. The third-order valence-electron chi connectivity index (χ3n) is 3.47. The number of hydrogen-bond donors (Lipinski definition) is 2. The standard InChI is InChI=1S/C12H17ClN6/c13-6-10-5-11(19-12(18-10)16-8-17-19)15-7-9-1-3-14-4-2-9/h5,8-9,14-15H,1-4,6-7H2. The van der Waals surface area contributed by atoms with Crippen molar-refractivity contribution >= 4 is 23.2 Å². The second-order valence-corrected chi connectivity index (χ2v) is 5.08. The van der Waals surface area contributed by atoms with E-state index in [2.05, 4.69) is 25.7 Å². The lowest BCUT2D eigenvalue weighted by Crippen LogP contribution is -2.31. The Balaban J connectivity index is 1.77. The minimum absolute atomic E-state index is 0.380. The molecule has 3 heterocycles. The number of nitrogens with one attached hydrogen (secondary N) is 2. The van der Waals surface area contributed by atoms with Gasteiger partial charge in [0.15, 0.2) is 0 Å². The summed E-state index contributed by atoms with van der Waals surface area (Å²) in [4.78, 5) is 8.43. The molecule has 0 spiro atoms. The Morgan fingerprint density at radius 1 is 1.42 bits per heavy atom. The third-order valence-corrected chi connectivity index (χ3v) is 3.75. The summed E-state index contributed by atoms with van der Waals surface area (Å²) < 4.78 is 1.72. The van der Waals surface area contributed by atoms with Crippen molar-refractivity contribution in [2.24, 2.45) is 5.92 Å². The molecule has 0 saturated carbocycles. The van der Waals surface area contributed by atoms with Crippen molar-refractivity contribution in [2.45, 2.75) is 18.7 Å². The number of anilines is 1. The first-order valence-electron chi connectivity index (χ1n) is 6.57. The van der Waals surface area contributed by atoms with Crippen molar-refractivity contribution in [3.8, 4) is 0 Å². The highest BCUT2D eigenvalue weighted by Crippen LogP contribution is 2.16. The van der Waals surface area contributed by atoms with Gasteiger partial charge in [0, 0.05) is 12.6 Å². The summed E-state index contributed by atoms with van der Waals surface area (Å²) in [6.45, 7) is 3.16. The molecule has 0 radical (unpaired) electrons. The van der Waals surface area contributed by atoms with Gasteiger partial charge in [0.25, 0.3) is 5.78 Å². The molecule has 6 nitrogen and oxygen atoms in total. The number of fused-ring (bicyclic) bond motifs is 1.